The molecule has 1 aromatic heterocycles. The molecule has 0 radical (unpaired) electrons. The number of rotatable bonds is 2. The summed E-state index contributed by atoms with van der Waals surface area (Å²) in [4.78, 5) is 4.03. The van der Waals surface area contributed by atoms with Gasteiger partial charge in [-0.05, 0) is 24.3 Å². The van der Waals surface area contributed by atoms with Gasteiger partial charge in [0.05, 0.1) is 22.8 Å². The molecular formula is C12H7Cl3FNO. The van der Waals surface area contributed by atoms with E-state index in [4.69, 9.17) is 39.5 Å². The third kappa shape index (κ3) is 2.53. The molecule has 0 fully saturated rings. The number of pyridine rings is 1. The molecule has 0 aliphatic carbocycles. The van der Waals surface area contributed by atoms with Gasteiger partial charge in [-0.1, -0.05) is 34.8 Å². The van der Waals surface area contributed by atoms with Crippen LogP contribution in [-0.2, 0) is 0 Å². The Bertz CT molecular complexity index is 604. The second-order valence-electron chi connectivity index (χ2n) is 3.44. The summed E-state index contributed by atoms with van der Waals surface area (Å²) in [5.41, 5.74) is 0.865. The van der Waals surface area contributed by atoms with E-state index >= 15 is 0 Å². The van der Waals surface area contributed by atoms with Crippen molar-refractivity contribution in [2.75, 3.05) is 7.11 Å². The summed E-state index contributed by atoms with van der Waals surface area (Å²) >= 11 is 17.6. The van der Waals surface area contributed by atoms with E-state index in [0.29, 0.717) is 16.3 Å². The van der Waals surface area contributed by atoms with E-state index in [-0.39, 0.29) is 15.9 Å². The van der Waals surface area contributed by atoms with E-state index < -0.39 is 5.82 Å². The summed E-state index contributed by atoms with van der Waals surface area (Å²) in [6, 6.07) is 5.87. The van der Waals surface area contributed by atoms with Gasteiger partial charge in [-0.15, -0.1) is 0 Å². The first kappa shape index (κ1) is 13.4. The number of methoxy groups -OCH3 is 1. The molecule has 0 atom stereocenters. The van der Waals surface area contributed by atoms with Crippen molar-refractivity contribution in [2.45, 2.75) is 0 Å². The van der Waals surface area contributed by atoms with Crippen LogP contribution in [0.2, 0.25) is 15.2 Å². The fourth-order valence-corrected chi connectivity index (χ4v) is 2.07. The van der Waals surface area contributed by atoms with Crippen molar-refractivity contribution in [2.24, 2.45) is 0 Å². The monoisotopic (exact) mass is 305 g/mol. The minimum atomic E-state index is -0.501. The lowest BCUT2D eigenvalue weighted by Gasteiger charge is -2.07. The molecule has 0 unspecified atom stereocenters. The van der Waals surface area contributed by atoms with E-state index in [0.717, 1.165) is 0 Å². The summed E-state index contributed by atoms with van der Waals surface area (Å²) in [6.07, 6.45) is 0. The fraction of sp³-hybridized carbons (Fsp3) is 0.0833. The average Bonchev–Trinajstić information content (AvgIpc) is 2.33. The fourth-order valence-electron chi connectivity index (χ4n) is 1.46. The molecule has 1 heterocycles. The number of halogens is 4. The lowest BCUT2D eigenvalue weighted by atomic mass is 10.1. The van der Waals surface area contributed by atoms with Crippen LogP contribution >= 0.6 is 34.8 Å². The van der Waals surface area contributed by atoms with Crippen LogP contribution in [0.4, 0.5) is 4.39 Å². The molecule has 0 saturated heterocycles. The van der Waals surface area contributed by atoms with Gasteiger partial charge in [0.1, 0.15) is 5.15 Å². The lowest BCUT2D eigenvalue weighted by molar-refractivity contribution is 0.386. The Morgan fingerprint density at radius 3 is 2.44 bits per heavy atom. The van der Waals surface area contributed by atoms with Crippen molar-refractivity contribution in [3.05, 3.63) is 45.3 Å². The zero-order chi connectivity index (χ0) is 13.3. The molecule has 0 amide bonds. The van der Waals surface area contributed by atoms with Gasteiger partial charge in [-0.3, -0.25) is 0 Å². The third-order valence-electron chi connectivity index (χ3n) is 2.31. The highest BCUT2D eigenvalue weighted by Gasteiger charge is 2.12. The largest absolute Gasteiger partial charge is 0.494 e. The van der Waals surface area contributed by atoms with Gasteiger partial charge < -0.3 is 4.74 Å². The highest BCUT2D eigenvalue weighted by molar-refractivity contribution is 6.42. The summed E-state index contributed by atoms with van der Waals surface area (Å²) < 4.78 is 18.4. The van der Waals surface area contributed by atoms with Gasteiger partial charge in [-0.25, -0.2) is 9.37 Å². The molecule has 18 heavy (non-hydrogen) atoms. The Hall–Kier alpha value is -1.03. The normalized spacial score (nSPS) is 10.5. The maximum atomic E-state index is 13.6. The Morgan fingerprint density at radius 2 is 1.83 bits per heavy atom. The Kier molecular flexibility index (Phi) is 3.95. The van der Waals surface area contributed by atoms with Crippen LogP contribution in [0.25, 0.3) is 11.3 Å². The van der Waals surface area contributed by atoms with E-state index in [9.17, 15) is 4.39 Å². The zero-order valence-electron chi connectivity index (χ0n) is 9.18. The quantitative estimate of drug-likeness (QED) is 0.739. The zero-order valence-corrected chi connectivity index (χ0v) is 11.4. The van der Waals surface area contributed by atoms with Crippen LogP contribution in [0.3, 0.4) is 0 Å². The van der Waals surface area contributed by atoms with Gasteiger partial charge >= 0.3 is 0 Å². The molecule has 94 valence electrons. The molecule has 0 saturated carbocycles. The first-order valence-electron chi connectivity index (χ1n) is 4.88. The van der Waals surface area contributed by atoms with Crippen LogP contribution in [0, 0.1) is 5.82 Å². The van der Waals surface area contributed by atoms with Crippen molar-refractivity contribution in [1.29, 1.82) is 0 Å². The molecule has 1 aromatic carbocycles. The van der Waals surface area contributed by atoms with Gasteiger partial charge in [0.15, 0.2) is 11.6 Å². The Morgan fingerprint density at radius 1 is 1.11 bits per heavy atom. The maximum Gasteiger partial charge on any atom is 0.165 e. The number of benzene rings is 1. The summed E-state index contributed by atoms with van der Waals surface area (Å²) in [6.45, 7) is 0. The van der Waals surface area contributed by atoms with Gasteiger partial charge in [0.2, 0.25) is 0 Å². The Labute approximate surface area is 118 Å². The topological polar surface area (TPSA) is 22.1 Å². The van der Waals surface area contributed by atoms with Gasteiger partial charge in [-0.2, -0.15) is 0 Å². The summed E-state index contributed by atoms with van der Waals surface area (Å²) in [5.74, 6) is -0.353. The molecule has 2 rings (SSSR count). The van der Waals surface area contributed by atoms with Crippen molar-refractivity contribution in [3.63, 3.8) is 0 Å². The molecule has 2 nitrogen and oxygen atoms in total. The number of nitrogens with zero attached hydrogens (tertiary/aromatic N) is 1. The van der Waals surface area contributed by atoms with Crippen LogP contribution in [0.1, 0.15) is 0 Å². The second-order valence-corrected chi connectivity index (χ2v) is 4.61. The SMILES string of the molecule is COc1ccc(-c2nc(Cl)c(Cl)cc2Cl)cc1F. The summed E-state index contributed by atoms with van der Waals surface area (Å²) in [7, 11) is 1.39. The van der Waals surface area contributed by atoms with Crippen LogP contribution in [-0.4, -0.2) is 12.1 Å². The first-order chi connectivity index (χ1) is 8.52. The lowest BCUT2D eigenvalue weighted by Crippen LogP contribution is -1.91. The molecule has 2 aromatic rings. The van der Waals surface area contributed by atoms with Crippen molar-refractivity contribution in [1.82, 2.24) is 4.98 Å². The predicted octanol–water partition coefficient (Wildman–Crippen LogP) is 4.86. The molecule has 0 N–H and O–H groups in total. The number of hydrogen-bond donors (Lipinski definition) is 0. The third-order valence-corrected chi connectivity index (χ3v) is 3.27. The molecule has 0 aliphatic rings. The molecule has 6 heteroatoms. The van der Waals surface area contributed by atoms with Crippen LogP contribution in [0.5, 0.6) is 5.75 Å². The van der Waals surface area contributed by atoms with E-state index in [1.165, 1.54) is 25.3 Å². The number of hydrogen-bond acceptors (Lipinski definition) is 2. The van der Waals surface area contributed by atoms with Gasteiger partial charge in [0.25, 0.3) is 0 Å². The second kappa shape index (κ2) is 5.31. The maximum absolute atomic E-state index is 13.6. The minimum absolute atomic E-state index is 0.118. The van der Waals surface area contributed by atoms with Crippen LogP contribution < -0.4 is 4.74 Å². The number of aromatic nitrogens is 1. The molecule has 0 spiro atoms. The molecular weight excluding hydrogens is 299 g/mol. The minimum Gasteiger partial charge on any atom is -0.494 e. The standard InChI is InChI=1S/C12H7Cl3FNO/c1-18-10-3-2-6(4-9(10)16)11-7(13)5-8(14)12(15)17-11/h2-5H,1H3. The molecule has 0 bridgehead atoms. The van der Waals surface area contributed by atoms with E-state index in [2.05, 4.69) is 4.98 Å². The Balaban J connectivity index is 2.55. The van der Waals surface area contributed by atoms with Crippen LogP contribution in [0.15, 0.2) is 24.3 Å². The average molecular weight is 307 g/mol. The first-order valence-corrected chi connectivity index (χ1v) is 6.01. The number of ether oxygens (including phenoxy) is 1. The van der Waals surface area contributed by atoms with Gasteiger partial charge in [0, 0.05) is 5.56 Å². The highest BCUT2D eigenvalue weighted by Crippen LogP contribution is 2.33. The smallest absolute Gasteiger partial charge is 0.165 e. The predicted molar refractivity (Wildman–Crippen MR) is 71.2 cm³/mol. The molecule has 0 aliphatic heterocycles. The van der Waals surface area contributed by atoms with E-state index in [1.54, 1.807) is 6.07 Å². The van der Waals surface area contributed by atoms with E-state index in [1.807, 2.05) is 0 Å². The van der Waals surface area contributed by atoms with Crippen molar-refractivity contribution in [3.8, 4) is 17.0 Å². The summed E-state index contributed by atoms with van der Waals surface area (Å²) in [5, 5.41) is 0.667. The van der Waals surface area contributed by atoms with Crippen molar-refractivity contribution >= 4 is 34.8 Å². The highest BCUT2D eigenvalue weighted by atomic mass is 35.5. The van der Waals surface area contributed by atoms with Crippen molar-refractivity contribution < 1.29 is 9.13 Å².